The Morgan fingerprint density at radius 2 is 1.63 bits per heavy atom. The molecule has 6 heteroatoms. The first kappa shape index (κ1) is 18.6. The largest absolute Gasteiger partial charge is 0.269 e. The molecule has 1 aliphatic heterocycles. The monoisotopic (exact) mass is 401 g/mol. The fourth-order valence-corrected chi connectivity index (χ4v) is 7.10. The van der Waals surface area contributed by atoms with Gasteiger partial charge in [-0.05, 0) is 51.0 Å². The normalized spacial score (nSPS) is 22.7. The van der Waals surface area contributed by atoms with Gasteiger partial charge in [0, 0.05) is 10.1 Å². The van der Waals surface area contributed by atoms with Crippen molar-refractivity contribution in [2.45, 2.75) is 60.6 Å². The van der Waals surface area contributed by atoms with Gasteiger partial charge < -0.3 is 0 Å². The first-order valence-electron chi connectivity index (χ1n) is 9.31. The molecule has 0 unspecified atom stereocenters. The van der Waals surface area contributed by atoms with Crippen LogP contribution in [0.5, 0.6) is 0 Å². The zero-order valence-electron chi connectivity index (χ0n) is 15.5. The fraction of sp³-hybridized carbons (Fsp3) is 0.381. The number of carbonyl (C=O) groups excluding carboxylic acids is 1. The van der Waals surface area contributed by atoms with Crippen molar-refractivity contribution in [1.82, 2.24) is 4.31 Å². The summed E-state index contributed by atoms with van der Waals surface area (Å²) in [7, 11) is -3.91. The molecule has 1 saturated carbocycles. The first-order chi connectivity index (χ1) is 12.9. The molecule has 1 fully saturated rings. The molecule has 27 heavy (non-hydrogen) atoms. The number of nitrogens with zero attached hydrogens (tertiary/aromatic N) is 1. The maximum atomic E-state index is 13.5. The Bertz CT molecular complexity index is 983. The number of amides is 1. The second-order valence-electron chi connectivity index (χ2n) is 7.43. The molecule has 0 spiro atoms. The molecule has 4 rings (SSSR count). The number of hydrogen-bond acceptors (Lipinski definition) is 4. The van der Waals surface area contributed by atoms with Crippen LogP contribution >= 0.6 is 11.8 Å². The van der Waals surface area contributed by atoms with Gasteiger partial charge in [0.2, 0.25) is 0 Å². The van der Waals surface area contributed by atoms with E-state index in [0.29, 0.717) is 5.56 Å². The second kappa shape index (κ2) is 6.99. The van der Waals surface area contributed by atoms with Crippen molar-refractivity contribution in [3.05, 3.63) is 59.2 Å². The molecule has 0 saturated heterocycles. The van der Waals surface area contributed by atoms with Gasteiger partial charge in [0.15, 0.2) is 0 Å². The van der Waals surface area contributed by atoms with Crippen molar-refractivity contribution in [3.8, 4) is 0 Å². The maximum absolute atomic E-state index is 13.5. The van der Waals surface area contributed by atoms with Crippen LogP contribution in [0.3, 0.4) is 0 Å². The summed E-state index contributed by atoms with van der Waals surface area (Å²) >= 11 is 1.66. The SMILES string of the molecule is Cc1ccc(S(=O)(=O)N2C(=O)c3cc(C)ccc3S[C@@H]3CCCC[C@H]32)cc1. The summed E-state index contributed by atoms with van der Waals surface area (Å²) in [6.07, 6.45) is 3.67. The van der Waals surface area contributed by atoms with Gasteiger partial charge in [0.25, 0.3) is 15.9 Å². The van der Waals surface area contributed by atoms with Crippen LogP contribution in [0.4, 0.5) is 0 Å². The van der Waals surface area contributed by atoms with Crippen LogP contribution in [-0.4, -0.2) is 29.9 Å². The first-order valence-corrected chi connectivity index (χ1v) is 11.6. The van der Waals surface area contributed by atoms with E-state index in [1.54, 1.807) is 36.0 Å². The summed E-state index contributed by atoms with van der Waals surface area (Å²) in [5, 5.41) is 0.104. The van der Waals surface area contributed by atoms with Gasteiger partial charge in [-0.2, -0.15) is 0 Å². The predicted molar refractivity (Wildman–Crippen MR) is 108 cm³/mol. The zero-order chi connectivity index (χ0) is 19.2. The van der Waals surface area contributed by atoms with Crippen LogP contribution in [0.25, 0.3) is 0 Å². The quantitative estimate of drug-likeness (QED) is 0.741. The van der Waals surface area contributed by atoms with Crippen LogP contribution in [-0.2, 0) is 10.0 Å². The Morgan fingerprint density at radius 3 is 2.37 bits per heavy atom. The number of aryl methyl sites for hydroxylation is 2. The highest BCUT2D eigenvalue weighted by atomic mass is 32.2. The molecule has 1 amide bonds. The van der Waals surface area contributed by atoms with E-state index in [1.165, 1.54) is 4.31 Å². The van der Waals surface area contributed by atoms with Crippen molar-refractivity contribution >= 4 is 27.7 Å². The van der Waals surface area contributed by atoms with E-state index in [1.807, 2.05) is 32.0 Å². The van der Waals surface area contributed by atoms with E-state index in [-0.39, 0.29) is 16.2 Å². The molecule has 1 heterocycles. The van der Waals surface area contributed by atoms with Gasteiger partial charge in [0.05, 0.1) is 16.5 Å². The number of fused-ring (bicyclic) bond motifs is 2. The van der Waals surface area contributed by atoms with E-state index in [4.69, 9.17) is 0 Å². The Hall–Kier alpha value is -1.79. The topological polar surface area (TPSA) is 54.5 Å². The molecule has 2 aromatic rings. The predicted octanol–water partition coefficient (Wildman–Crippen LogP) is 4.55. The van der Waals surface area contributed by atoms with Gasteiger partial charge in [-0.15, -0.1) is 11.8 Å². The molecule has 0 radical (unpaired) electrons. The van der Waals surface area contributed by atoms with E-state index < -0.39 is 15.9 Å². The summed E-state index contributed by atoms with van der Waals surface area (Å²) in [4.78, 5) is 14.5. The fourth-order valence-electron chi connectivity index (χ4n) is 3.94. The number of sulfonamides is 1. The summed E-state index contributed by atoms with van der Waals surface area (Å²) < 4.78 is 28.2. The van der Waals surface area contributed by atoms with Gasteiger partial charge in [-0.25, -0.2) is 12.7 Å². The van der Waals surface area contributed by atoms with Crippen molar-refractivity contribution in [2.24, 2.45) is 0 Å². The molecule has 2 atom stereocenters. The Kier molecular flexibility index (Phi) is 4.80. The van der Waals surface area contributed by atoms with E-state index >= 15 is 0 Å². The molecule has 0 aromatic heterocycles. The maximum Gasteiger partial charge on any atom is 0.269 e. The molecule has 1 aliphatic carbocycles. The number of thioether (sulfide) groups is 1. The smallest absolute Gasteiger partial charge is 0.268 e. The van der Waals surface area contributed by atoms with Crippen LogP contribution in [0.15, 0.2) is 52.3 Å². The van der Waals surface area contributed by atoms with Crippen LogP contribution in [0, 0.1) is 13.8 Å². The van der Waals surface area contributed by atoms with Crippen LogP contribution in [0.1, 0.15) is 47.2 Å². The van der Waals surface area contributed by atoms with Crippen molar-refractivity contribution < 1.29 is 13.2 Å². The highest BCUT2D eigenvalue weighted by Crippen LogP contribution is 2.43. The van der Waals surface area contributed by atoms with Crippen molar-refractivity contribution in [2.75, 3.05) is 0 Å². The molecule has 2 aromatic carbocycles. The lowest BCUT2D eigenvalue weighted by molar-refractivity contribution is 0.0802. The van der Waals surface area contributed by atoms with Gasteiger partial charge in [0.1, 0.15) is 0 Å². The summed E-state index contributed by atoms with van der Waals surface area (Å²) in [5.74, 6) is -0.392. The summed E-state index contributed by atoms with van der Waals surface area (Å²) in [6, 6.07) is 12.2. The summed E-state index contributed by atoms with van der Waals surface area (Å²) in [6.45, 7) is 3.84. The Morgan fingerprint density at radius 1 is 0.963 bits per heavy atom. The molecular formula is C21H23NO3S2. The Labute approximate surface area is 165 Å². The average Bonchev–Trinajstić information content (AvgIpc) is 2.76. The average molecular weight is 402 g/mol. The van der Waals surface area contributed by atoms with Gasteiger partial charge in [-0.3, -0.25) is 4.79 Å². The number of rotatable bonds is 2. The third-order valence-electron chi connectivity index (χ3n) is 5.39. The molecule has 4 nitrogen and oxygen atoms in total. The molecular weight excluding hydrogens is 378 g/mol. The lowest BCUT2D eigenvalue weighted by Gasteiger charge is -2.36. The van der Waals surface area contributed by atoms with Crippen molar-refractivity contribution in [1.29, 1.82) is 0 Å². The zero-order valence-corrected chi connectivity index (χ0v) is 17.1. The van der Waals surface area contributed by atoms with E-state index in [9.17, 15) is 13.2 Å². The van der Waals surface area contributed by atoms with Crippen LogP contribution in [0.2, 0.25) is 0 Å². The third-order valence-corrected chi connectivity index (χ3v) is 8.68. The van der Waals surface area contributed by atoms with Crippen molar-refractivity contribution in [3.63, 3.8) is 0 Å². The second-order valence-corrected chi connectivity index (χ2v) is 10.5. The van der Waals surface area contributed by atoms with Gasteiger partial charge in [-0.1, -0.05) is 42.2 Å². The minimum Gasteiger partial charge on any atom is -0.268 e. The molecule has 0 N–H and O–H groups in total. The highest BCUT2D eigenvalue weighted by molar-refractivity contribution is 8.00. The highest BCUT2D eigenvalue weighted by Gasteiger charge is 2.44. The minimum absolute atomic E-state index is 0.104. The van der Waals surface area contributed by atoms with E-state index in [0.717, 1.165) is 41.7 Å². The third kappa shape index (κ3) is 3.29. The number of hydrogen-bond donors (Lipinski definition) is 0. The van der Waals surface area contributed by atoms with Crippen LogP contribution < -0.4 is 0 Å². The van der Waals surface area contributed by atoms with E-state index in [2.05, 4.69) is 0 Å². The minimum atomic E-state index is -3.91. The lowest BCUT2D eigenvalue weighted by atomic mass is 9.94. The molecule has 0 bridgehead atoms. The standard InChI is InChI=1S/C21H23NO3S2/c1-14-7-10-16(11-8-14)27(24,25)22-18-5-3-4-6-20(18)26-19-12-9-15(2)13-17(19)21(22)23/h7-13,18,20H,3-6H2,1-2H3/t18-,20-/m1/s1. The molecule has 142 valence electrons. The number of benzene rings is 2. The van der Waals surface area contributed by atoms with Gasteiger partial charge >= 0.3 is 0 Å². The lowest BCUT2D eigenvalue weighted by Crippen LogP contribution is -2.49. The summed E-state index contributed by atoms with van der Waals surface area (Å²) in [5.41, 5.74) is 2.45. The molecule has 2 aliphatic rings. The Balaban J connectivity index is 1.87. The number of carbonyl (C=O) groups is 1.